The zero-order valence-electron chi connectivity index (χ0n) is 18.8. The van der Waals surface area contributed by atoms with Crippen LogP contribution in [0.5, 0.6) is 0 Å². The molecule has 0 atom stereocenters. The lowest BCUT2D eigenvalue weighted by molar-refractivity contribution is -0.119. The summed E-state index contributed by atoms with van der Waals surface area (Å²) in [5, 5.41) is 12.3. The Labute approximate surface area is 195 Å². The first-order valence-corrected chi connectivity index (χ1v) is 10.2. The van der Waals surface area contributed by atoms with Crippen molar-refractivity contribution >= 4 is 23.7 Å². The first-order valence-electron chi connectivity index (χ1n) is 10.2. The quantitative estimate of drug-likeness (QED) is 0.535. The van der Waals surface area contributed by atoms with Crippen molar-refractivity contribution in [2.45, 2.75) is 20.4 Å². The third-order valence-corrected chi connectivity index (χ3v) is 5.34. The van der Waals surface area contributed by atoms with Crippen molar-refractivity contribution in [2.75, 3.05) is 19.0 Å². The van der Waals surface area contributed by atoms with Crippen LogP contribution in [0.15, 0.2) is 48.5 Å². The number of nitrogens with one attached hydrogen (secondary N) is 1. The fourth-order valence-electron chi connectivity index (χ4n) is 3.43. The van der Waals surface area contributed by atoms with Gasteiger partial charge in [0, 0.05) is 12.2 Å². The van der Waals surface area contributed by atoms with Crippen LogP contribution in [0.25, 0.3) is 0 Å². The number of hydrogen-bond donors (Lipinski definition) is 1. The predicted octanol–water partition coefficient (Wildman–Crippen LogP) is 3.75. The highest BCUT2D eigenvalue weighted by Crippen LogP contribution is 2.27. The summed E-state index contributed by atoms with van der Waals surface area (Å²) in [6.45, 7) is 3.21. The van der Waals surface area contributed by atoms with Gasteiger partial charge < -0.3 is 19.4 Å². The summed E-state index contributed by atoms with van der Waals surface area (Å²) >= 11 is 0. The Bertz CT molecular complexity index is 1290. The summed E-state index contributed by atoms with van der Waals surface area (Å²) < 4.78 is 24.7. The number of carbonyl (C=O) groups is 3. The van der Waals surface area contributed by atoms with Gasteiger partial charge in [-0.1, -0.05) is 24.3 Å². The first-order chi connectivity index (χ1) is 16.3. The summed E-state index contributed by atoms with van der Waals surface area (Å²) in [6.07, 6.45) is 0. The smallest absolute Gasteiger partial charge is 0.339 e. The second-order valence-electron chi connectivity index (χ2n) is 7.42. The molecule has 0 fully saturated rings. The van der Waals surface area contributed by atoms with Crippen molar-refractivity contribution in [3.05, 3.63) is 87.9 Å². The summed E-state index contributed by atoms with van der Waals surface area (Å²) in [5.74, 6) is -2.37. The summed E-state index contributed by atoms with van der Waals surface area (Å²) in [5.41, 5.74) is 2.46. The molecule has 0 spiro atoms. The number of esters is 2. The molecular formula is C25H22FN3O5. The monoisotopic (exact) mass is 463 g/mol. The minimum absolute atomic E-state index is 0.0154. The number of anilines is 1. The molecule has 0 bridgehead atoms. The van der Waals surface area contributed by atoms with E-state index in [9.17, 15) is 24.0 Å². The molecule has 0 aliphatic rings. The first kappa shape index (κ1) is 24.2. The number of methoxy groups -OCH3 is 1. The standard InChI is InChI=1S/C25H22FN3O5/c1-15-16(2)29(13-17-8-10-18(26)11-9-17)23(21(15)12-27)28-22(30)14-34-25(32)20-7-5-4-6-19(20)24(31)33-3/h4-11H,13-14H2,1-3H3,(H,28,30). The van der Waals surface area contributed by atoms with Gasteiger partial charge in [-0.05, 0) is 49.2 Å². The average molecular weight is 463 g/mol. The van der Waals surface area contributed by atoms with E-state index in [0.29, 0.717) is 5.56 Å². The van der Waals surface area contributed by atoms with E-state index >= 15 is 0 Å². The Morgan fingerprint density at radius 3 is 2.24 bits per heavy atom. The van der Waals surface area contributed by atoms with Gasteiger partial charge in [-0.15, -0.1) is 0 Å². The number of ether oxygens (including phenoxy) is 2. The summed E-state index contributed by atoms with van der Waals surface area (Å²) in [7, 11) is 1.19. The molecule has 0 aliphatic heterocycles. The third-order valence-electron chi connectivity index (χ3n) is 5.34. The van der Waals surface area contributed by atoms with E-state index in [2.05, 4.69) is 16.1 Å². The van der Waals surface area contributed by atoms with Crippen molar-refractivity contribution in [3.8, 4) is 6.07 Å². The Hall–Kier alpha value is -4.45. The van der Waals surface area contributed by atoms with Gasteiger partial charge in [-0.3, -0.25) is 4.79 Å². The molecule has 8 nitrogen and oxygen atoms in total. The minimum atomic E-state index is -0.870. The Kier molecular flexibility index (Phi) is 7.43. The highest BCUT2D eigenvalue weighted by molar-refractivity contribution is 6.04. The fraction of sp³-hybridized carbons (Fsp3) is 0.200. The topological polar surface area (TPSA) is 110 Å². The molecule has 0 aliphatic carbocycles. The van der Waals surface area contributed by atoms with E-state index < -0.39 is 24.5 Å². The largest absolute Gasteiger partial charge is 0.465 e. The molecule has 3 aromatic rings. The van der Waals surface area contributed by atoms with Crippen LogP contribution in [0.4, 0.5) is 10.2 Å². The lowest BCUT2D eigenvalue weighted by Gasteiger charge is -2.14. The lowest BCUT2D eigenvalue weighted by Crippen LogP contribution is -2.24. The normalized spacial score (nSPS) is 10.3. The van der Waals surface area contributed by atoms with Crippen LogP contribution in [0, 0.1) is 31.0 Å². The van der Waals surface area contributed by atoms with Crippen molar-refractivity contribution in [2.24, 2.45) is 0 Å². The second kappa shape index (κ2) is 10.4. The van der Waals surface area contributed by atoms with Gasteiger partial charge in [0.05, 0.1) is 23.8 Å². The lowest BCUT2D eigenvalue weighted by atomic mass is 10.1. The minimum Gasteiger partial charge on any atom is -0.465 e. The molecule has 174 valence electrons. The van der Waals surface area contributed by atoms with E-state index in [-0.39, 0.29) is 34.9 Å². The zero-order valence-corrected chi connectivity index (χ0v) is 18.8. The van der Waals surface area contributed by atoms with Gasteiger partial charge in [0.1, 0.15) is 17.7 Å². The number of nitriles is 1. The number of halogens is 1. The van der Waals surface area contributed by atoms with E-state index in [1.165, 1.54) is 31.4 Å². The maximum Gasteiger partial charge on any atom is 0.339 e. The highest BCUT2D eigenvalue weighted by atomic mass is 19.1. The molecule has 3 rings (SSSR count). The average Bonchev–Trinajstić information content (AvgIpc) is 3.06. The molecule has 0 saturated carbocycles. The number of aromatic nitrogens is 1. The van der Waals surface area contributed by atoms with Crippen molar-refractivity contribution in [1.29, 1.82) is 5.26 Å². The maximum atomic E-state index is 13.3. The van der Waals surface area contributed by atoms with Gasteiger partial charge in [0.25, 0.3) is 5.91 Å². The third kappa shape index (κ3) is 5.13. The van der Waals surface area contributed by atoms with Crippen LogP contribution in [0.1, 0.15) is 43.1 Å². The number of hydrogen-bond acceptors (Lipinski definition) is 6. The van der Waals surface area contributed by atoms with Gasteiger partial charge in [0.2, 0.25) is 0 Å². The summed E-state index contributed by atoms with van der Waals surface area (Å²) in [4.78, 5) is 36.9. The van der Waals surface area contributed by atoms with Gasteiger partial charge in [-0.25, -0.2) is 14.0 Å². The predicted molar refractivity (Wildman–Crippen MR) is 121 cm³/mol. The number of rotatable bonds is 7. The molecule has 9 heteroatoms. The number of carbonyl (C=O) groups excluding carboxylic acids is 3. The number of benzene rings is 2. The Balaban J connectivity index is 1.78. The van der Waals surface area contributed by atoms with Crippen molar-refractivity contribution in [3.63, 3.8) is 0 Å². The number of nitrogens with zero attached hydrogens (tertiary/aromatic N) is 2. The Morgan fingerprint density at radius 1 is 1.03 bits per heavy atom. The van der Waals surface area contributed by atoms with Crippen LogP contribution >= 0.6 is 0 Å². The van der Waals surface area contributed by atoms with Crippen molar-refractivity contribution in [1.82, 2.24) is 4.57 Å². The fourth-order valence-corrected chi connectivity index (χ4v) is 3.43. The maximum absolute atomic E-state index is 13.3. The molecule has 2 aromatic carbocycles. The van der Waals surface area contributed by atoms with Gasteiger partial charge in [0.15, 0.2) is 6.61 Å². The van der Waals surface area contributed by atoms with E-state index in [1.54, 1.807) is 42.7 Å². The van der Waals surface area contributed by atoms with E-state index in [0.717, 1.165) is 11.3 Å². The summed E-state index contributed by atoms with van der Waals surface area (Å²) in [6, 6.07) is 13.9. The molecule has 0 radical (unpaired) electrons. The van der Waals surface area contributed by atoms with E-state index in [1.807, 2.05) is 0 Å². The van der Waals surface area contributed by atoms with Crippen LogP contribution in [-0.2, 0) is 20.8 Å². The number of amides is 1. The molecule has 1 amide bonds. The van der Waals surface area contributed by atoms with Gasteiger partial charge in [-0.2, -0.15) is 5.26 Å². The molecule has 1 aromatic heterocycles. The van der Waals surface area contributed by atoms with Gasteiger partial charge >= 0.3 is 11.9 Å². The second-order valence-corrected chi connectivity index (χ2v) is 7.42. The van der Waals surface area contributed by atoms with Crippen LogP contribution < -0.4 is 5.32 Å². The Morgan fingerprint density at radius 2 is 1.65 bits per heavy atom. The molecule has 0 unspecified atom stereocenters. The molecule has 0 saturated heterocycles. The molecule has 1 N–H and O–H groups in total. The van der Waals surface area contributed by atoms with Crippen LogP contribution in [0.2, 0.25) is 0 Å². The van der Waals surface area contributed by atoms with Crippen LogP contribution in [0.3, 0.4) is 0 Å². The van der Waals surface area contributed by atoms with Crippen molar-refractivity contribution < 1.29 is 28.2 Å². The molecule has 34 heavy (non-hydrogen) atoms. The highest BCUT2D eigenvalue weighted by Gasteiger charge is 2.22. The molecular weight excluding hydrogens is 441 g/mol. The SMILES string of the molecule is COC(=O)c1ccccc1C(=O)OCC(=O)Nc1c(C#N)c(C)c(C)n1Cc1ccc(F)cc1. The zero-order chi connectivity index (χ0) is 24.8. The molecule has 1 heterocycles. The van der Waals surface area contributed by atoms with E-state index in [4.69, 9.17) is 4.74 Å². The van der Waals surface area contributed by atoms with Crippen LogP contribution in [-0.4, -0.2) is 36.1 Å².